The molecule has 156 valence electrons. The third-order valence-corrected chi connectivity index (χ3v) is 5.52. The number of aromatic nitrogens is 1. The molecule has 3 nitrogen and oxygen atoms in total. The Kier molecular flexibility index (Phi) is 6.32. The minimum atomic E-state index is -4.39. The maximum Gasteiger partial charge on any atom is 0.417 e. The van der Waals surface area contributed by atoms with Crippen LogP contribution in [0, 0.1) is 5.92 Å². The largest absolute Gasteiger partial charge is 0.417 e. The first-order valence-corrected chi connectivity index (χ1v) is 9.96. The van der Waals surface area contributed by atoms with Crippen molar-refractivity contribution in [3.05, 3.63) is 71.4 Å². The molecular formula is C23H28F3N3. The molecule has 1 heterocycles. The lowest BCUT2D eigenvalue weighted by atomic mass is 9.92. The highest BCUT2D eigenvalue weighted by Gasteiger charge is 2.31. The lowest BCUT2D eigenvalue weighted by Gasteiger charge is -2.29. The van der Waals surface area contributed by atoms with Crippen LogP contribution in [-0.4, -0.2) is 24.1 Å². The third-order valence-electron chi connectivity index (χ3n) is 5.52. The number of fused-ring (bicyclic) bond motifs is 1. The number of nitrogens with two attached hydrogens (primary N) is 1. The minimum Gasteiger partial charge on any atom is -0.354 e. The Bertz CT molecular complexity index is 843. The molecule has 0 amide bonds. The van der Waals surface area contributed by atoms with E-state index < -0.39 is 11.7 Å². The summed E-state index contributed by atoms with van der Waals surface area (Å²) in [6.45, 7) is 9.12. The highest BCUT2D eigenvalue weighted by Crippen LogP contribution is 2.34. The number of alkyl halides is 3. The van der Waals surface area contributed by atoms with E-state index in [2.05, 4.69) is 36.7 Å². The molecule has 6 heteroatoms. The smallest absolute Gasteiger partial charge is 0.354 e. The molecule has 3 atom stereocenters. The number of benzene rings is 1. The number of anilines is 1. The van der Waals surface area contributed by atoms with E-state index in [0.29, 0.717) is 24.8 Å². The summed E-state index contributed by atoms with van der Waals surface area (Å²) in [7, 11) is 0. The second kappa shape index (κ2) is 8.57. The summed E-state index contributed by atoms with van der Waals surface area (Å²) in [5.41, 5.74) is 9.30. The van der Waals surface area contributed by atoms with Crippen molar-refractivity contribution in [3.63, 3.8) is 0 Å². The van der Waals surface area contributed by atoms with Crippen LogP contribution < -0.4 is 10.6 Å². The Morgan fingerprint density at radius 3 is 2.55 bits per heavy atom. The first kappa shape index (κ1) is 21.4. The molecule has 29 heavy (non-hydrogen) atoms. The van der Waals surface area contributed by atoms with Gasteiger partial charge in [0.2, 0.25) is 0 Å². The highest BCUT2D eigenvalue weighted by atomic mass is 19.4. The topological polar surface area (TPSA) is 42.1 Å². The normalized spacial score (nSPS) is 18.2. The summed E-state index contributed by atoms with van der Waals surface area (Å²) in [6, 6.07) is 8.79. The summed E-state index contributed by atoms with van der Waals surface area (Å²) < 4.78 is 38.6. The van der Waals surface area contributed by atoms with Gasteiger partial charge in [0.05, 0.1) is 5.56 Å². The predicted molar refractivity (Wildman–Crippen MR) is 111 cm³/mol. The van der Waals surface area contributed by atoms with Crippen molar-refractivity contribution in [2.75, 3.05) is 18.0 Å². The second-order valence-electron chi connectivity index (χ2n) is 8.08. The van der Waals surface area contributed by atoms with Gasteiger partial charge >= 0.3 is 6.18 Å². The molecule has 0 spiro atoms. The molecule has 0 aliphatic heterocycles. The van der Waals surface area contributed by atoms with E-state index in [0.717, 1.165) is 25.1 Å². The van der Waals surface area contributed by atoms with Crippen molar-refractivity contribution >= 4 is 5.82 Å². The van der Waals surface area contributed by atoms with E-state index in [1.54, 1.807) is 0 Å². The van der Waals surface area contributed by atoms with Crippen molar-refractivity contribution in [2.45, 2.75) is 44.8 Å². The van der Waals surface area contributed by atoms with Crippen molar-refractivity contribution in [1.82, 2.24) is 4.98 Å². The maximum absolute atomic E-state index is 12.9. The molecule has 1 aliphatic rings. The van der Waals surface area contributed by atoms with E-state index in [-0.39, 0.29) is 12.0 Å². The summed E-state index contributed by atoms with van der Waals surface area (Å²) in [5.74, 6) is 1.17. The van der Waals surface area contributed by atoms with Gasteiger partial charge < -0.3 is 10.6 Å². The molecule has 0 saturated carbocycles. The molecule has 3 unspecified atom stereocenters. The molecule has 0 fully saturated rings. The average Bonchev–Trinajstić information content (AvgIpc) is 3.10. The van der Waals surface area contributed by atoms with Gasteiger partial charge in [0.1, 0.15) is 5.82 Å². The first-order valence-electron chi connectivity index (χ1n) is 9.96. The summed E-state index contributed by atoms with van der Waals surface area (Å²) in [5, 5.41) is 0. The van der Waals surface area contributed by atoms with Crippen LogP contribution >= 0.6 is 0 Å². The SMILES string of the molecule is C=CC1Cc2cccc(C(C)CN(CC(C)N)c3ccc(C(F)(F)F)cn3)c2C1. The Morgan fingerprint density at radius 1 is 1.21 bits per heavy atom. The Hall–Kier alpha value is -2.34. The fourth-order valence-corrected chi connectivity index (χ4v) is 4.12. The van der Waals surface area contributed by atoms with E-state index in [4.69, 9.17) is 5.73 Å². The van der Waals surface area contributed by atoms with Crippen molar-refractivity contribution in [3.8, 4) is 0 Å². The number of nitrogens with zero attached hydrogens (tertiary/aromatic N) is 2. The Morgan fingerprint density at radius 2 is 1.97 bits per heavy atom. The van der Waals surface area contributed by atoms with Crippen LogP contribution in [0.15, 0.2) is 49.2 Å². The van der Waals surface area contributed by atoms with Crippen molar-refractivity contribution in [1.29, 1.82) is 0 Å². The lowest BCUT2D eigenvalue weighted by molar-refractivity contribution is -0.137. The molecule has 0 bridgehead atoms. The molecule has 3 rings (SSSR count). The average molecular weight is 403 g/mol. The zero-order valence-electron chi connectivity index (χ0n) is 16.9. The minimum absolute atomic E-state index is 0.127. The van der Waals surface area contributed by atoms with E-state index >= 15 is 0 Å². The molecule has 0 saturated heterocycles. The van der Waals surface area contributed by atoms with E-state index in [1.807, 2.05) is 17.9 Å². The van der Waals surface area contributed by atoms with Crippen LogP contribution in [0.25, 0.3) is 0 Å². The van der Waals surface area contributed by atoms with Crippen molar-refractivity contribution in [2.24, 2.45) is 11.7 Å². The Labute approximate surface area is 170 Å². The standard InChI is InChI=1S/C23H28F3N3/c1-4-17-10-18-6-5-7-20(21(18)11-17)15(2)13-29(14-16(3)27)22-9-8-19(12-28-22)23(24,25)26/h4-9,12,15-17H,1,10-11,13-14,27H2,2-3H3. The molecule has 2 aromatic rings. The predicted octanol–water partition coefficient (Wildman–Crippen LogP) is 4.96. The van der Waals surface area contributed by atoms with Crippen LogP contribution in [0.5, 0.6) is 0 Å². The third kappa shape index (κ3) is 4.99. The molecule has 0 radical (unpaired) electrons. The van der Waals surface area contributed by atoms with Crippen LogP contribution in [-0.2, 0) is 19.0 Å². The van der Waals surface area contributed by atoms with Crippen molar-refractivity contribution < 1.29 is 13.2 Å². The van der Waals surface area contributed by atoms with Crippen LogP contribution in [0.1, 0.15) is 42.0 Å². The lowest BCUT2D eigenvalue weighted by Crippen LogP contribution is -2.38. The number of pyridine rings is 1. The maximum atomic E-state index is 12.9. The van der Waals surface area contributed by atoms with E-state index in [1.165, 1.54) is 22.8 Å². The zero-order valence-corrected chi connectivity index (χ0v) is 16.9. The van der Waals surface area contributed by atoms with Gasteiger partial charge in [-0.1, -0.05) is 31.2 Å². The number of allylic oxidation sites excluding steroid dienone is 1. The second-order valence-corrected chi connectivity index (χ2v) is 8.08. The number of hydrogen-bond donors (Lipinski definition) is 1. The molecular weight excluding hydrogens is 375 g/mol. The molecule has 1 aliphatic carbocycles. The van der Waals surface area contributed by atoms with Gasteiger partial charge in [-0.05, 0) is 60.4 Å². The molecule has 2 N–H and O–H groups in total. The number of halogens is 3. The van der Waals surface area contributed by atoms with Crippen LogP contribution in [0.3, 0.4) is 0 Å². The fraction of sp³-hybridized carbons (Fsp3) is 0.435. The Balaban J connectivity index is 1.83. The zero-order chi connectivity index (χ0) is 21.2. The molecule has 1 aromatic carbocycles. The van der Waals surface area contributed by atoms with E-state index in [9.17, 15) is 13.2 Å². The highest BCUT2D eigenvalue weighted by molar-refractivity contribution is 5.45. The monoisotopic (exact) mass is 403 g/mol. The number of hydrogen-bond acceptors (Lipinski definition) is 3. The summed E-state index contributed by atoms with van der Waals surface area (Å²) in [6.07, 6.45) is 0.526. The number of rotatable bonds is 7. The summed E-state index contributed by atoms with van der Waals surface area (Å²) >= 11 is 0. The van der Waals surface area contributed by atoms with Gasteiger partial charge in [-0.25, -0.2) is 4.98 Å². The van der Waals surface area contributed by atoms with Gasteiger partial charge in [0.15, 0.2) is 0 Å². The van der Waals surface area contributed by atoms with Crippen LogP contribution in [0.4, 0.5) is 19.0 Å². The first-order chi connectivity index (χ1) is 13.7. The fourth-order valence-electron chi connectivity index (χ4n) is 4.12. The summed E-state index contributed by atoms with van der Waals surface area (Å²) in [4.78, 5) is 6.06. The van der Waals surface area contributed by atoms with Gasteiger partial charge in [0, 0.05) is 25.3 Å². The van der Waals surface area contributed by atoms with Gasteiger partial charge in [0.25, 0.3) is 0 Å². The quantitative estimate of drug-likeness (QED) is 0.665. The van der Waals surface area contributed by atoms with Crippen LogP contribution in [0.2, 0.25) is 0 Å². The van der Waals surface area contributed by atoms with Gasteiger partial charge in [-0.3, -0.25) is 0 Å². The molecule has 1 aromatic heterocycles. The van der Waals surface area contributed by atoms with Gasteiger partial charge in [-0.15, -0.1) is 6.58 Å². The van der Waals surface area contributed by atoms with Gasteiger partial charge in [-0.2, -0.15) is 13.2 Å².